The summed E-state index contributed by atoms with van der Waals surface area (Å²) in [6.07, 6.45) is 3.30. The van der Waals surface area contributed by atoms with Crippen molar-refractivity contribution in [3.8, 4) is 0 Å². The summed E-state index contributed by atoms with van der Waals surface area (Å²) < 4.78 is 0. The van der Waals surface area contributed by atoms with E-state index in [4.69, 9.17) is 11.6 Å². The molecule has 0 fully saturated rings. The van der Waals surface area contributed by atoms with Crippen molar-refractivity contribution in [3.05, 3.63) is 29.3 Å². The minimum atomic E-state index is 0.309. The van der Waals surface area contributed by atoms with Gasteiger partial charge in [0.15, 0.2) is 5.15 Å². The first-order valence-electron chi connectivity index (χ1n) is 3.80. The summed E-state index contributed by atoms with van der Waals surface area (Å²) in [6.45, 7) is 7.65. The van der Waals surface area contributed by atoms with Crippen LogP contribution in [0.1, 0.15) is 31.2 Å². The van der Waals surface area contributed by atoms with Crippen molar-refractivity contribution in [2.75, 3.05) is 0 Å². The minimum Gasteiger partial charge on any atom is -0.256 e. The summed E-state index contributed by atoms with van der Waals surface area (Å²) in [4.78, 5) is 8.28. The molecule has 0 aliphatic rings. The number of aromatic nitrogens is 2. The van der Waals surface area contributed by atoms with Gasteiger partial charge in [-0.2, -0.15) is 0 Å². The number of rotatable bonds is 2. The van der Waals surface area contributed by atoms with Gasteiger partial charge in [0.1, 0.15) is 0 Å². The molecule has 1 aromatic rings. The van der Waals surface area contributed by atoms with Gasteiger partial charge < -0.3 is 0 Å². The monoisotopic (exact) mass is 182 g/mol. The third-order valence-corrected chi connectivity index (χ3v) is 1.81. The van der Waals surface area contributed by atoms with Crippen molar-refractivity contribution in [2.45, 2.75) is 19.8 Å². The molecule has 1 rings (SSSR count). The lowest BCUT2D eigenvalue weighted by Crippen LogP contribution is -1.97. The van der Waals surface area contributed by atoms with Gasteiger partial charge >= 0.3 is 0 Å². The molecule has 0 atom stereocenters. The fraction of sp³-hybridized carbons (Fsp3) is 0.333. The molecule has 0 saturated heterocycles. The lowest BCUT2D eigenvalue weighted by Gasteiger charge is -2.05. The molecule has 1 aromatic heterocycles. The van der Waals surface area contributed by atoms with Crippen molar-refractivity contribution in [1.82, 2.24) is 9.97 Å². The first-order valence-corrected chi connectivity index (χ1v) is 4.17. The predicted octanol–water partition coefficient (Wildman–Crippen LogP) is 2.90. The largest absolute Gasteiger partial charge is 0.256 e. The van der Waals surface area contributed by atoms with Gasteiger partial charge in [0.25, 0.3) is 0 Å². The van der Waals surface area contributed by atoms with Crippen LogP contribution < -0.4 is 0 Å². The van der Waals surface area contributed by atoms with Gasteiger partial charge in [0, 0.05) is 0 Å². The molecule has 0 N–H and O–H groups in total. The van der Waals surface area contributed by atoms with Crippen LogP contribution in [0.15, 0.2) is 12.8 Å². The van der Waals surface area contributed by atoms with E-state index in [1.165, 1.54) is 0 Å². The van der Waals surface area contributed by atoms with Gasteiger partial charge in [-0.15, -0.1) is 0 Å². The molecule has 0 aliphatic carbocycles. The van der Waals surface area contributed by atoms with Crippen molar-refractivity contribution in [3.63, 3.8) is 0 Å². The number of halogens is 1. The molecular weight excluding hydrogens is 172 g/mol. The van der Waals surface area contributed by atoms with Crippen LogP contribution in [0.5, 0.6) is 0 Å². The van der Waals surface area contributed by atoms with Gasteiger partial charge in [0.05, 0.1) is 17.6 Å². The summed E-state index contributed by atoms with van der Waals surface area (Å²) in [5.74, 6) is 0.309. The molecule has 1 heterocycles. The van der Waals surface area contributed by atoms with Crippen LogP contribution in [-0.4, -0.2) is 9.97 Å². The van der Waals surface area contributed by atoms with Crippen LogP contribution in [-0.2, 0) is 0 Å². The summed E-state index contributed by atoms with van der Waals surface area (Å²) in [5.41, 5.74) is 1.55. The molecule has 0 unspecified atom stereocenters. The van der Waals surface area contributed by atoms with Crippen LogP contribution >= 0.6 is 11.6 Å². The zero-order chi connectivity index (χ0) is 9.14. The topological polar surface area (TPSA) is 25.8 Å². The van der Waals surface area contributed by atoms with Gasteiger partial charge in [-0.05, 0) is 12.0 Å². The van der Waals surface area contributed by atoms with Crippen molar-refractivity contribution >= 4 is 17.7 Å². The highest BCUT2D eigenvalue weighted by Crippen LogP contribution is 2.19. The SMILES string of the molecule is C=Cc1cnc(C(C)C)c(Cl)n1. The molecule has 0 amide bonds. The fourth-order valence-electron chi connectivity index (χ4n) is 0.874. The summed E-state index contributed by atoms with van der Waals surface area (Å²) in [5, 5.41) is 0.474. The van der Waals surface area contributed by atoms with Crippen molar-refractivity contribution < 1.29 is 0 Å². The quantitative estimate of drug-likeness (QED) is 0.703. The van der Waals surface area contributed by atoms with Gasteiger partial charge in [-0.1, -0.05) is 32.0 Å². The number of hydrogen-bond acceptors (Lipinski definition) is 2. The van der Waals surface area contributed by atoms with E-state index in [-0.39, 0.29) is 0 Å². The van der Waals surface area contributed by atoms with Gasteiger partial charge in [0.2, 0.25) is 0 Å². The van der Waals surface area contributed by atoms with Gasteiger partial charge in [-0.25, -0.2) is 4.98 Å². The van der Waals surface area contributed by atoms with Crippen molar-refractivity contribution in [2.24, 2.45) is 0 Å². The highest BCUT2D eigenvalue weighted by Gasteiger charge is 2.07. The summed E-state index contributed by atoms with van der Waals surface area (Å²) >= 11 is 5.88. The first kappa shape index (κ1) is 9.20. The zero-order valence-corrected chi connectivity index (χ0v) is 7.97. The third-order valence-electron chi connectivity index (χ3n) is 1.53. The fourth-order valence-corrected chi connectivity index (χ4v) is 1.24. The molecule has 0 aliphatic heterocycles. The second-order valence-corrected chi connectivity index (χ2v) is 3.19. The molecule has 0 saturated carbocycles. The van der Waals surface area contributed by atoms with Crippen LogP contribution in [0.25, 0.3) is 6.08 Å². The maximum atomic E-state index is 5.88. The lowest BCUT2D eigenvalue weighted by molar-refractivity contribution is 0.811. The summed E-state index contributed by atoms with van der Waals surface area (Å²) in [6, 6.07) is 0. The molecule has 0 bridgehead atoms. The smallest absolute Gasteiger partial charge is 0.151 e. The third kappa shape index (κ3) is 1.83. The predicted molar refractivity (Wildman–Crippen MR) is 51.2 cm³/mol. The van der Waals surface area contributed by atoms with Crippen LogP contribution in [0.3, 0.4) is 0 Å². The molecule has 3 heteroatoms. The van der Waals surface area contributed by atoms with E-state index in [0.29, 0.717) is 16.8 Å². The van der Waals surface area contributed by atoms with E-state index >= 15 is 0 Å². The zero-order valence-electron chi connectivity index (χ0n) is 7.21. The lowest BCUT2D eigenvalue weighted by atomic mass is 10.1. The van der Waals surface area contributed by atoms with Crippen LogP contribution in [0, 0.1) is 0 Å². The molecular formula is C9H11ClN2. The van der Waals surface area contributed by atoms with Gasteiger partial charge in [-0.3, -0.25) is 4.98 Å². The Morgan fingerprint density at radius 1 is 1.58 bits per heavy atom. The maximum Gasteiger partial charge on any atom is 0.151 e. The Balaban J connectivity index is 3.11. The second kappa shape index (κ2) is 3.68. The van der Waals surface area contributed by atoms with Crippen LogP contribution in [0.4, 0.5) is 0 Å². The normalized spacial score (nSPS) is 10.3. The number of nitrogens with zero attached hydrogens (tertiary/aromatic N) is 2. The average molecular weight is 183 g/mol. The van der Waals surface area contributed by atoms with E-state index in [2.05, 4.69) is 16.5 Å². The molecule has 2 nitrogen and oxygen atoms in total. The standard InChI is InChI=1S/C9H11ClN2/c1-4-7-5-11-8(6(2)3)9(10)12-7/h4-6H,1H2,2-3H3. The minimum absolute atomic E-state index is 0.309. The Kier molecular flexibility index (Phi) is 2.82. The van der Waals surface area contributed by atoms with E-state index in [0.717, 1.165) is 5.69 Å². The summed E-state index contributed by atoms with van der Waals surface area (Å²) in [7, 11) is 0. The first-order chi connectivity index (χ1) is 5.65. The Bertz CT molecular complexity index is 295. The van der Waals surface area contributed by atoms with E-state index < -0.39 is 0 Å². The maximum absolute atomic E-state index is 5.88. The highest BCUT2D eigenvalue weighted by molar-refractivity contribution is 6.30. The average Bonchev–Trinajstić information content (AvgIpc) is 2.03. The van der Waals surface area contributed by atoms with E-state index in [9.17, 15) is 0 Å². The van der Waals surface area contributed by atoms with Crippen LogP contribution in [0.2, 0.25) is 5.15 Å². The highest BCUT2D eigenvalue weighted by atomic mass is 35.5. The van der Waals surface area contributed by atoms with E-state index in [1.807, 2.05) is 13.8 Å². The molecule has 0 spiro atoms. The Morgan fingerprint density at radius 2 is 2.25 bits per heavy atom. The van der Waals surface area contributed by atoms with Crippen molar-refractivity contribution in [1.29, 1.82) is 0 Å². The Labute approximate surface area is 77.3 Å². The Morgan fingerprint density at radius 3 is 2.67 bits per heavy atom. The molecule has 0 aromatic carbocycles. The molecule has 12 heavy (non-hydrogen) atoms. The Hall–Kier alpha value is -0.890. The second-order valence-electron chi connectivity index (χ2n) is 2.83. The molecule has 0 radical (unpaired) electrons. The molecule has 64 valence electrons. The van der Waals surface area contributed by atoms with E-state index in [1.54, 1.807) is 12.3 Å². The number of hydrogen-bond donors (Lipinski definition) is 0.